The number of rotatable bonds is 2. The van der Waals surface area contributed by atoms with Crippen LogP contribution >= 0.6 is 11.6 Å². The van der Waals surface area contributed by atoms with Crippen LogP contribution in [0.5, 0.6) is 0 Å². The predicted molar refractivity (Wildman–Crippen MR) is 84.3 cm³/mol. The van der Waals surface area contributed by atoms with Crippen LogP contribution in [0.3, 0.4) is 0 Å². The van der Waals surface area contributed by atoms with E-state index >= 15 is 0 Å². The van der Waals surface area contributed by atoms with E-state index in [1.807, 2.05) is 18.2 Å². The minimum Gasteiger partial charge on any atom is -0.397 e. The van der Waals surface area contributed by atoms with Gasteiger partial charge in [0.15, 0.2) is 0 Å². The van der Waals surface area contributed by atoms with Crippen molar-refractivity contribution < 1.29 is 0 Å². The van der Waals surface area contributed by atoms with E-state index in [-0.39, 0.29) is 5.41 Å². The van der Waals surface area contributed by atoms with Gasteiger partial charge in [-0.25, -0.2) is 0 Å². The molecule has 0 radical (unpaired) electrons. The lowest BCUT2D eigenvalue weighted by atomic mass is 9.86. The van der Waals surface area contributed by atoms with Crippen molar-refractivity contribution in [2.24, 2.45) is 0 Å². The summed E-state index contributed by atoms with van der Waals surface area (Å²) in [5.41, 5.74) is 9.91. The Balaban J connectivity index is 2.39. The molecule has 2 nitrogen and oxygen atoms in total. The van der Waals surface area contributed by atoms with Gasteiger partial charge in [0.2, 0.25) is 0 Å². The zero-order valence-corrected chi connectivity index (χ0v) is 12.3. The van der Waals surface area contributed by atoms with Crippen molar-refractivity contribution in [3.05, 3.63) is 53.1 Å². The third-order valence-electron chi connectivity index (χ3n) is 3.02. The quantitative estimate of drug-likeness (QED) is 0.759. The zero-order valence-electron chi connectivity index (χ0n) is 11.5. The lowest BCUT2D eigenvalue weighted by Crippen LogP contribution is -2.13. The normalized spacial score (nSPS) is 11.4. The topological polar surface area (TPSA) is 38.0 Å². The number of anilines is 3. The Labute approximate surface area is 119 Å². The van der Waals surface area contributed by atoms with Crippen molar-refractivity contribution in [3.63, 3.8) is 0 Å². The Kier molecular flexibility index (Phi) is 3.72. The second-order valence-electron chi connectivity index (χ2n) is 5.65. The highest BCUT2D eigenvalue weighted by Crippen LogP contribution is 2.33. The first-order chi connectivity index (χ1) is 8.88. The van der Waals surface area contributed by atoms with Crippen LogP contribution in [0.4, 0.5) is 17.1 Å². The summed E-state index contributed by atoms with van der Waals surface area (Å²) in [6.07, 6.45) is 0. The number of nitrogen functional groups attached to an aromatic ring is 1. The molecule has 0 aromatic heterocycles. The van der Waals surface area contributed by atoms with E-state index in [0.29, 0.717) is 10.7 Å². The van der Waals surface area contributed by atoms with E-state index in [2.05, 4.69) is 44.3 Å². The molecular weight excluding hydrogens is 256 g/mol. The first-order valence-corrected chi connectivity index (χ1v) is 6.67. The molecule has 2 aromatic carbocycles. The van der Waals surface area contributed by atoms with Gasteiger partial charge >= 0.3 is 0 Å². The summed E-state index contributed by atoms with van der Waals surface area (Å²) in [7, 11) is 0. The summed E-state index contributed by atoms with van der Waals surface area (Å²) in [6.45, 7) is 6.58. The highest BCUT2D eigenvalue weighted by Gasteiger charge is 2.17. The lowest BCUT2D eigenvalue weighted by Gasteiger charge is -2.23. The summed E-state index contributed by atoms with van der Waals surface area (Å²) in [5, 5.41) is 4.04. The number of halogens is 1. The number of nitrogens with two attached hydrogens (primary N) is 1. The average Bonchev–Trinajstić information content (AvgIpc) is 2.32. The van der Waals surface area contributed by atoms with Crippen LogP contribution in [0.1, 0.15) is 26.3 Å². The predicted octanol–water partition coefficient (Wildman–Crippen LogP) is 4.96. The summed E-state index contributed by atoms with van der Waals surface area (Å²) >= 11 is 5.92. The second kappa shape index (κ2) is 5.14. The van der Waals surface area contributed by atoms with E-state index in [9.17, 15) is 0 Å². The molecular formula is C16H19ClN2. The number of para-hydroxylation sites is 1. The van der Waals surface area contributed by atoms with Crippen LogP contribution in [0.15, 0.2) is 42.5 Å². The smallest absolute Gasteiger partial charge is 0.0619 e. The van der Waals surface area contributed by atoms with Crippen molar-refractivity contribution in [2.75, 3.05) is 11.1 Å². The van der Waals surface area contributed by atoms with Gasteiger partial charge in [-0.2, -0.15) is 0 Å². The number of hydrogen-bond acceptors (Lipinski definition) is 2. The number of benzene rings is 2. The monoisotopic (exact) mass is 274 g/mol. The fraction of sp³-hybridized carbons (Fsp3) is 0.250. The number of nitrogens with one attached hydrogen (secondary N) is 1. The van der Waals surface area contributed by atoms with Gasteiger partial charge in [0, 0.05) is 10.7 Å². The average molecular weight is 275 g/mol. The summed E-state index contributed by atoms with van der Waals surface area (Å²) in [4.78, 5) is 0. The highest BCUT2D eigenvalue weighted by atomic mass is 35.5. The minimum atomic E-state index is 0.0742. The van der Waals surface area contributed by atoms with Crippen LogP contribution in [0, 0.1) is 0 Å². The van der Waals surface area contributed by atoms with Crippen LogP contribution in [0.2, 0.25) is 5.02 Å². The van der Waals surface area contributed by atoms with Crippen LogP contribution in [0.25, 0.3) is 0 Å². The maximum absolute atomic E-state index is 5.98. The van der Waals surface area contributed by atoms with Crippen molar-refractivity contribution in [1.82, 2.24) is 0 Å². The lowest BCUT2D eigenvalue weighted by molar-refractivity contribution is 0.592. The molecule has 0 aliphatic rings. The molecule has 0 heterocycles. The molecule has 3 heteroatoms. The van der Waals surface area contributed by atoms with E-state index in [1.165, 1.54) is 5.56 Å². The number of hydrogen-bond donors (Lipinski definition) is 2. The summed E-state index contributed by atoms with van der Waals surface area (Å²) in [5.74, 6) is 0. The van der Waals surface area contributed by atoms with Gasteiger partial charge in [0.1, 0.15) is 0 Å². The van der Waals surface area contributed by atoms with Gasteiger partial charge in [-0.15, -0.1) is 0 Å². The molecule has 0 bridgehead atoms. The molecule has 2 rings (SSSR count). The van der Waals surface area contributed by atoms with Crippen molar-refractivity contribution in [2.45, 2.75) is 26.2 Å². The molecule has 0 unspecified atom stereocenters. The Morgan fingerprint density at radius 1 is 1.00 bits per heavy atom. The van der Waals surface area contributed by atoms with Crippen molar-refractivity contribution >= 4 is 28.7 Å². The first-order valence-electron chi connectivity index (χ1n) is 6.29. The fourth-order valence-electron chi connectivity index (χ4n) is 2.04. The fourth-order valence-corrected chi connectivity index (χ4v) is 2.22. The summed E-state index contributed by atoms with van der Waals surface area (Å²) in [6, 6.07) is 13.8. The molecule has 0 atom stereocenters. The van der Waals surface area contributed by atoms with Crippen molar-refractivity contribution in [1.29, 1.82) is 0 Å². The minimum absolute atomic E-state index is 0.0742. The SMILES string of the molecule is CC(C)(C)c1ccccc1Nc1ccc(Cl)cc1N. The molecule has 19 heavy (non-hydrogen) atoms. The van der Waals surface area contributed by atoms with Gasteiger partial charge in [-0.05, 0) is 35.2 Å². The summed E-state index contributed by atoms with van der Waals surface area (Å²) < 4.78 is 0. The van der Waals surface area contributed by atoms with Crippen LogP contribution in [-0.4, -0.2) is 0 Å². The molecule has 0 amide bonds. The molecule has 0 saturated heterocycles. The molecule has 100 valence electrons. The van der Waals surface area contributed by atoms with Gasteiger partial charge in [0.05, 0.1) is 11.4 Å². The third-order valence-corrected chi connectivity index (χ3v) is 3.25. The van der Waals surface area contributed by atoms with E-state index in [1.54, 1.807) is 6.07 Å². The Morgan fingerprint density at radius 3 is 2.32 bits per heavy atom. The largest absolute Gasteiger partial charge is 0.397 e. The van der Waals surface area contributed by atoms with Gasteiger partial charge in [0.25, 0.3) is 0 Å². The van der Waals surface area contributed by atoms with Crippen LogP contribution in [-0.2, 0) is 5.41 Å². The van der Waals surface area contributed by atoms with Gasteiger partial charge in [-0.3, -0.25) is 0 Å². The van der Waals surface area contributed by atoms with Gasteiger partial charge < -0.3 is 11.1 Å². The molecule has 0 aliphatic heterocycles. The Bertz CT molecular complexity index is 586. The molecule has 2 aromatic rings. The molecule has 0 spiro atoms. The van der Waals surface area contributed by atoms with Crippen LogP contribution < -0.4 is 11.1 Å². The molecule has 0 fully saturated rings. The first kappa shape index (κ1) is 13.8. The molecule has 3 N–H and O–H groups in total. The van der Waals surface area contributed by atoms with E-state index in [4.69, 9.17) is 17.3 Å². The maximum atomic E-state index is 5.98. The highest BCUT2D eigenvalue weighted by molar-refractivity contribution is 6.31. The third kappa shape index (κ3) is 3.21. The molecule has 0 aliphatic carbocycles. The Hall–Kier alpha value is -1.67. The van der Waals surface area contributed by atoms with Gasteiger partial charge in [-0.1, -0.05) is 50.6 Å². The molecule has 0 saturated carbocycles. The standard InChI is InChI=1S/C16H19ClN2/c1-16(2,3)12-6-4-5-7-14(12)19-15-9-8-11(17)10-13(15)18/h4-10,19H,18H2,1-3H3. The van der Waals surface area contributed by atoms with Crippen molar-refractivity contribution in [3.8, 4) is 0 Å². The van der Waals surface area contributed by atoms with E-state index in [0.717, 1.165) is 11.4 Å². The van der Waals surface area contributed by atoms with E-state index < -0.39 is 0 Å². The Morgan fingerprint density at radius 2 is 1.68 bits per heavy atom. The zero-order chi connectivity index (χ0) is 14.0. The second-order valence-corrected chi connectivity index (χ2v) is 6.09. The maximum Gasteiger partial charge on any atom is 0.0619 e.